The number of carbonyl (C=O) groups is 1. The van der Waals surface area contributed by atoms with Gasteiger partial charge in [-0.05, 0) is 55.3 Å². The van der Waals surface area contributed by atoms with Gasteiger partial charge in [-0.3, -0.25) is 9.69 Å². The maximum Gasteiger partial charge on any atom is 0.243 e. The number of halogens is 2. The second kappa shape index (κ2) is 8.56. The molecule has 29 heavy (non-hydrogen) atoms. The third-order valence-corrected chi connectivity index (χ3v) is 6.91. The van der Waals surface area contributed by atoms with Crippen molar-refractivity contribution in [3.05, 3.63) is 59.2 Å². The zero-order chi connectivity index (χ0) is 21.2. The maximum atomic E-state index is 13.4. The summed E-state index contributed by atoms with van der Waals surface area (Å²) >= 11 is 0. The zero-order valence-electron chi connectivity index (χ0n) is 16.3. The molecule has 2 aromatic rings. The average Bonchev–Trinajstić information content (AvgIpc) is 2.67. The number of benzene rings is 2. The molecule has 1 N–H and O–H groups in total. The molecule has 1 aliphatic rings. The first-order chi connectivity index (χ1) is 13.7. The molecule has 1 fully saturated rings. The lowest BCUT2D eigenvalue weighted by Gasteiger charge is -2.33. The number of piperazine rings is 1. The third-order valence-electron chi connectivity index (χ3n) is 5.02. The number of hydrogen-bond donors (Lipinski definition) is 1. The van der Waals surface area contributed by atoms with E-state index >= 15 is 0 Å². The van der Waals surface area contributed by atoms with E-state index in [0.29, 0.717) is 19.2 Å². The molecule has 1 aliphatic heterocycles. The first kappa shape index (κ1) is 21.4. The monoisotopic (exact) mass is 423 g/mol. The lowest BCUT2D eigenvalue weighted by molar-refractivity contribution is -0.117. The van der Waals surface area contributed by atoms with Crippen LogP contribution in [0.25, 0.3) is 0 Å². The quantitative estimate of drug-likeness (QED) is 0.803. The Morgan fingerprint density at radius 1 is 0.966 bits per heavy atom. The number of nitrogens with one attached hydrogen (secondary N) is 1. The van der Waals surface area contributed by atoms with Crippen molar-refractivity contribution in [2.45, 2.75) is 18.7 Å². The topological polar surface area (TPSA) is 69.7 Å². The van der Waals surface area contributed by atoms with Crippen LogP contribution in [0.2, 0.25) is 0 Å². The molecule has 6 nitrogen and oxygen atoms in total. The lowest BCUT2D eigenvalue weighted by atomic mass is 10.1. The SMILES string of the molecule is Cc1ccc(NC(=O)CN2CCN(S(=O)(=O)c3ccc(F)c(F)c3)CC2)cc1C. The summed E-state index contributed by atoms with van der Waals surface area (Å²) in [6.45, 7) is 5.17. The van der Waals surface area contributed by atoms with Crippen LogP contribution < -0.4 is 5.32 Å². The Kier molecular flexibility index (Phi) is 6.30. The van der Waals surface area contributed by atoms with E-state index in [-0.39, 0.29) is 30.4 Å². The van der Waals surface area contributed by atoms with Crippen LogP contribution in [0.3, 0.4) is 0 Å². The van der Waals surface area contributed by atoms with Gasteiger partial charge in [-0.15, -0.1) is 0 Å². The van der Waals surface area contributed by atoms with E-state index < -0.39 is 21.7 Å². The number of carbonyl (C=O) groups excluding carboxylic acids is 1. The molecule has 3 rings (SSSR count). The van der Waals surface area contributed by atoms with Gasteiger partial charge in [0.1, 0.15) is 0 Å². The van der Waals surface area contributed by atoms with Gasteiger partial charge in [0.25, 0.3) is 0 Å². The van der Waals surface area contributed by atoms with Crippen molar-refractivity contribution >= 4 is 21.6 Å². The molecule has 0 bridgehead atoms. The van der Waals surface area contributed by atoms with Gasteiger partial charge in [0.2, 0.25) is 15.9 Å². The van der Waals surface area contributed by atoms with Crippen LogP contribution in [0.4, 0.5) is 14.5 Å². The molecule has 9 heteroatoms. The molecule has 0 atom stereocenters. The highest BCUT2D eigenvalue weighted by Crippen LogP contribution is 2.20. The first-order valence-electron chi connectivity index (χ1n) is 9.21. The van der Waals surface area contributed by atoms with Crippen LogP contribution in [0.1, 0.15) is 11.1 Å². The van der Waals surface area contributed by atoms with Gasteiger partial charge < -0.3 is 5.32 Å². The van der Waals surface area contributed by atoms with Gasteiger partial charge in [0.15, 0.2) is 11.6 Å². The highest BCUT2D eigenvalue weighted by Gasteiger charge is 2.29. The van der Waals surface area contributed by atoms with Crippen LogP contribution in [-0.2, 0) is 14.8 Å². The molecular weight excluding hydrogens is 400 g/mol. The molecule has 0 aromatic heterocycles. The summed E-state index contributed by atoms with van der Waals surface area (Å²) in [5.41, 5.74) is 2.94. The molecule has 2 aromatic carbocycles. The van der Waals surface area contributed by atoms with Crippen LogP contribution in [0.15, 0.2) is 41.3 Å². The standard InChI is InChI=1S/C20H23F2N3O3S/c1-14-3-4-16(11-15(14)2)23-20(26)13-24-7-9-25(10-8-24)29(27,28)17-5-6-18(21)19(22)12-17/h3-6,11-12H,7-10,13H2,1-2H3,(H,23,26). The van der Waals surface area contributed by atoms with Crippen molar-refractivity contribution in [3.63, 3.8) is 0 Å². The minimum absolute atomic E-state index is 0.145. The van der Waals surface area contributed by atoms with Gasteiger partial charge in [0.05, 0.1) is 11.4 Å². The average molecular weight is 423 g/mol. The van der Waals surface area contributed by atoms with Gasteiger partial charge in [-0.1, -0.05) is 6.07 Å². The molecule has 1 saturated heterocycles. The molecule has 0 saturated carbocycles. The molecule has 1 heterocycles. The summed E-state index contributed by atoms with van der Waals surface area (Å²) in [5.74, 6) is -2.47. The summed E-state index contributed by atoms with van der Waals surface area (Å²) < 4.78 is 52.9. The van der Waals surface area contributed by atoms with Gasteiger partial charge in [0, 0.05) is 31.9 Å². The van der Waals surface area contributed by atoms with Crippen molar-refractivity contribution < 1.29 is 22.0 Å². The highest BCUT2D eigenvalue weighted by molar-refractivity contribution is 7.89. The Hall–Kier alpha value is -2.36. The number of amides is 1. The largest absolute Gasteiger partial charge is 0.325 e. The van der Waals surface area contributed by atoms with Crippen molar-refractivity contribution in [3.8, 4) is 0 Å². The molecule has 1 amide bonds. The van der Waals surface area contributed by atoms with E-state index in [1.54, 1.807) is 0 Å². The Morgan fingerprint density at radius 2 is 1.66 bits per heavy atom. The summed E-state index contributed by atoms with van der Waals surface area (Å²) in [6, 6.07) is 8.22. The Balaban J connectivity index is 1.56. The summed E-state index contributed by atoms with van der Waals surface area (Å²) in [4.78, 5) is 13.9. The van der Waals surface area contributed by atoms with E-state index in [1.807, 2.05) is 36.9 Å². The third kappa shape index (κ3) is 4.98. The minimum Gasteiger partial charge on any atom is -0.325 e. The number of sulfonamides is 1. The number of nitrogens with zero attached hydrogens (tertiary/aromatic N) is 2. The summed E-state index contributed by atoms with van der Waals surface area (Å²) in [5, 5.41) is 2.85. The van der Waals surface area contributed by atoms with E-state index in [4.69, 9.17) is 0 Å². The summed E-state index contributed by atoms with van der Waals surface area (Å²) in [7, 11) is -3.91. The Labute approximate surface area is 169 Å². The zero-order valence-corrected chi connectivity index (χ0v) is 17.1. The van der Waals surface area contributed by atoms with E-state index in [2.05, 4.69) is 5.32 Å². The number of hydrogen-bond acceptors (Lipinski definition) is 4. The molecule has 0 aliphatic carbocycles. The number of anilines is 1. The molecule has 156 valence electrons. The lowest BCUT2D eigenvalue weighted by Crippen LogP contribution is -2.50. The van der Waals surface area contributed by atoms with Crippen LogP contribution in [-0.4, -0.2) is 56.3 Å². The number of aryl methyl sites for hydroxylation is 2. The predicted octanol–water partition coefficient (Wildman–Crippen LogP) is 2.53. The number of rotatable bonds is 5. The van der Waals surface area contributed by atoms with Gasteiger partial charge in [-0.25, -0.2) is 17.2 Å². The fraction of sp³-hybridized carbons (Fsp3) is 0.350. The summed E-state index contributed by atoms with van der Waals surface area (Å²) in [6.07, 6.45) is 0. The van der Waals surface area contributed by atoms with Crippen molar-refractivity contribution in [1.82, 2.24) is 9.21 Å². The van der Waals surface area contributed by atoms with Crippen molar-refractivity contribution in [2.75, 3.05) is 38.0 Å². The normalized spacial score (nSPS) is 16.0. The maximum absolute atomic E-state index is 13.4. The fourth-order valence-corrected chi connectivity index (χ4v) is 4.57. The van der Waals surface area contributed by atoms with Crippen LogP contribution in [0, 0.1) is 25.5 Å². The Bertz CT molecular complexity index is 1020. The van der Waals surface area contributed by atoms with Gasteiger partial charge >= 0.3 is 0 Å². The molecule has 0 spiro atoms. The fourth-order valence-electron chi connectivity index (χ4n) is 3.14. The predicted molar refractivity (Wildman–Crippen MR) is 106 cm³/mol. The minimum atomic E-state index is -3.91. The second-order valence-corrected chi connectivity index (χ2v) is 9.04. The molecule has 0 radical (unpaired) electrons. The van der Waals surface area contributed by atoms with E-state index in [0.717, 1.165) is 28.9 Å². The Morgan fingerprint density at radius 3 is 2.28 bits per heavy atom. The molecule has 0 unspecified atom stereocenters. The van der Waals surface area contributed by atoms with Crippen LogP contribution in [0.5, 0.6) is 0 Å². The molecular formula is C20H23F2N3O3S. The highest BCUT2D eigenvalue weighted by atomic mass is 32.2. The van der Waals surface area contributed by atoms with E-state index in [9.17, 15) is 22.0 Å². The smallest absolute Gasteiger partial charge is 0.243 e. The first-order valence-corrected chi connectivity index (χ1v) is 10.7. The van der Waals surface area contributed by atoms with Crippen LogP contribution >= 0.6 is 0 Å². The second-order valence-electron chi connectivity index (χ2n) is 7.10. The van der Waals surface area contributed by atoms with Crippen molar-refractivity contribution in [2.24, 2.45) is 0 Å². The van der Waals surface area contributed by atoms with Crippen molar-refractivity contribution in [1.29, 1.82) is 0 Å². The van der Waals surface area contributed by atoms with E-state index in [1.165, 1.54) is 4.31 Å². The van der Waals surface area contributed by atoms with Gasteiger partial charge in [-0.2, -0.15) is 4.31 Å².